The smallest absolute Gasteiger partial charge is 0.150 e. The molecule has 1 fully saturated rings. The van der Waals surface area contributed by atoms with Crippen molar-refractivity contribution in [1.29, 1.82) is 0 Å². The topological polar surface area (TPSA) is 105 Å². The summed E-state index contributed by atoms with van der Waals surface area (Å²) >= 11 is 0. The van der Waals surface area contributed by atoms with Crippen molar-refractivity contribution in [2.24, 2.45) is 0 Å². The maximum Gasteiger partial charge on any atom is 0.150 e. The largest absolute Gasteiger partial charge is 0.393 e. The van der Waals surface area contributed by atoms with Crippen molar-refractivity contribution in [1.82, 2.24) is 24.3 Å². The Kier molecular flexibility index (Phi) is 3.66. The van der Waals surface area contributed by atoms with Crippen LogP contribution in [0.4, 0.5) is 5.82 Å². The van der Waals surface area contributed by atoms with E-state index in [1.165, 1.54) is 0 Å². The van der Waals surface area contributed by atoms with E-state index in [-0.39, 0.29) is 12.0 Å². The number of aliphatic hydroxyl groups excluding tert-OH is 1. The summed E-state index contributed by atoms with van der Waals surface area (Å²) in [6.07, 6.45) is 4.78. The van der Waals surface area contributed by atoms with Gasteiger partial charge in [0, 0.05) is 29.4 Å². The Labute approximate surface area is 172 Å². The van der Waals surface area contributed by atoms with Gasteiger partial charge in [-0.1, -0.05) is 36.4 Å². The molecule has 0 atom stereocenters. The molecule has 30 heavy (non-hydrogen) atoms. The molecule has 3 aromatic heterocycles. The van der Waals surface area contributed by atoms with Gasteiger partial charge in [0.2, 0.25) is 0 Å². The molecule has 3 heterocycles. The second-order valence-electron chi connectivity index (χ2n) is 7.86. The first-order chi connectivity index (χ1) is 14.7. The Balaban J connectivity index is 1.50. The van der Waals surface area contributed by atoms with E-state index in [0.29, 0.717) is 5.82 Å². The zero-order chi connectivity index (χ0) is 20.2. The van der Waals surface area contributed by atoms with Crippen LogP contribution in [0.1, 0.15) is 24.6 Å². The number of aliphatic hydroxyl groups is 1. The Hall–Kier alpha value is -3.71. The van der Waals surface area contributed by atoms with Crippen molar-refractivity contribution in [3.05, 3.63) is 66.7 Å². The number of hydrogen-bond acceptors (Lipinski definition) is 5. The summed E-state index contributed by atoms with van der Waals surface area (Å²) in [6.45, 7) is 0. The van der Waals surface area contributed by atoms with Gasteiger partial charge in [0.15, 0.2) is 0 Å². The van der Waals surface area contributed by atoms with Crippen LogP contribution in [-0.2, 0) is 0 Å². The van der Waals surface area contributed by atoms with Crippen LogP contribution in [0.25, 0.3) is 39.2 Å². The van der Waals surface area contributed by atoms with Crippen LogP contribution < -0.4 is 5.73 Å². The third-order valence-electron chi connectivity index (χ3n) is 5.89. The molecule has 7 heteroatoms. The molecule has 2 aromatic carbocycles. The number of nitrogen functional groups attached to an aromatic ring is 1. The summed E-state index contributed by atoms with van der Waals surface area (Å²) in [5.41, 5.74) is 11.7. The van der Waals surface area contributed by atoms with Crippen LogP contribution >= 0.6 is 0 Å². The van der Waals surface area contributed by atoms with Gasteiger partial charge in [-0.05, 0) is 25.0 Å². The fourth-order valence-corrected chi connectivity index (χ4v) is 4.26. The minimum Gasteiger partial charge on any atom is -0.393 e. The number of rotatable bonds is 3. The lowest BCUT2D eigenvalue weighted by atomic mass is 9.82. The highest BCUT2D eigenvalue weighted by Gasteiger charge is 2.33. The van der Waals surface area contributed by atoms with Crippen LogP contribution in [0, 0.1) is 0 Å². The number of nitrogens with zero attached hydrogens (tertiary/aromatic N) is 4. The SMILES string of the molecule is Nc1nccn2c(C3CC(O)C3)nc(-c3ccc4[nH]c(-c5ccccc5)nc4c3)c12. The number of fused-ring (bicyclic) bond motifs is 2. The standard InChI is InChI=1S/C23H20N6O/c24-21-20-19(28-23(15-10-16(30)11-15)29(20)9-8-25-21)14-6-7-17-18(12-14)27-22(26-17)13-4-2-1-3-5-13/h1-9,12,15-16,30H,10-11H2,(H2,24,25)(H,26,27). The highest BCUT2D eigenvalue weighted by atomic mass is 16.3. The average Bonchev–Trinajstić information content (AvgIpc) is 3.34. The first kappa shape index (κ1) is 17.2. The van der Waals surface area contributed by atoms with Crippen LogP contribution in [-0.4, -0.2) is 35.5 Å². The minimum atomic E-state index is -0.248. The Bertz CT molecular complexity index is 1380. The second kappa shape index (κ2) is 6.40. The van der Waals surface area contributed by atoms with Crippen LogP contribution in [0.2, 0.25) is 0 Å². The molecule has 5 aromatic rings. The molecule has 4 N–H and O–H groups in total. The average molecular weight is 396 g/mol. The number of aromatic amines is 1. The molecule has 0 saturated heterocycles. The second-order valence-corrected chi connectivity index (χ2v) is 7.86. The fraction of sp³-hybridized carbons (Fsp3) is 0.174. The van der Waals surface area contributed by atoms with Crippen molar-refractivity contribution in [3.63, 3.8) is 0 Å². The highest BCUT2D eigenvalue weighted by molar-refractivity contribution is 5.90. The molecule has 6 rings (SSSR count). The maximum absolute atomic E-state index is 9.76. The van der Waals surface area contributed by atoms with E-state index in [1.807, 2.05) is 59.1 Å². The molecule has 148 valence electrons. The van der Waals surface area contributed by atoms with Crippen molar-refractivity contribution in [2.75, 3.05) is 5.73 Å². The summed E-state index contributed by atoms with van der Waals surface area (Å²) < 4.78 is 2.01. The lowest BCUT2D eigenvalue weighted by Gasteiger charge is -2.30. The number of hydrogen-bond donors (Lipinski definition) is 3. The third kappa shape index (κ3) is 2.59. The van der Waals surface area contributed by atoms with Crippen molar-refractivity contribution < 1.29 is 5.11 Å². The van der Waals surface area contributed by atoms with E-state index in [2.05, 4.69) is 9.97 Å². The first-order valence-corrected chi connectivity index (χ1v) is 10.0. The number of nitrogens with one attached hydrogen (secondary N) is 1. The van der Waals surface area contributed by atoms with E-state index in [0.717, 1.165) is 57.9 Å². The number of benzene rings is 2. The summed E-state index contributed by atoms with van der Waals surface area (Å²) in [6, 6.07) is 16.1. The van der Waals surface area contributed by atoms with Gasteiger partial charge in [0.25, 0.3) is 0 Å². The van der Waals surface area contributed by atoms with Gasteiger partial charge < -0.3 is 15.8 Å². The summed E-state index contributed by atoms with van der Waals surface area (Å²) in [5, 5.41) is 9.76. The van der Waals surface area contributed by atoms with E-state index in [1.54, 1.807) is 6.20 Å². The van der Waals surface area contributed by atoms with Gasteiger partial charge in [-0.3, -0.25) is 4.40 Å². The number of anilines is 1. The molecule has 1 saturated carbocycles. The minimum absolute atomic E-state index is 0.224. The zero-order valence-electron chi connectivity index (χ0n) is 16.2. The van der Waals surface area contributed by atoms with E-state index in [4.69, 9.17) is 15.7 Å². The number of H-pyrrole nitrogens is 1. The molecule has 1 aliphatic rings. The summed E-state index contributed by atoms with van der Waals surface area (Å²) in [4.78, 5) is 17.4. The van der Waals surface area contributed by atoms with Crippen LogP contribution in [0.3, 0.4) is 0 Å². The molecule has 0 radical (unpaired) electrons. The summed E-state index contributed by atoms with van der Waals surface area (Å²) in [7, 11) is 0. The Morgan fingerprint density at radius 1 is 1.03 bits per heavy atom. The predicted molar refractivity (Wildman–Crippen MR) is 116 cm³/mol. The van der Waals surface area contributed by atoms with Gasteiger partial charge in [-0.2, -0.15) is 0 Å². The van der Waals surface area contributed by atoms with Crippen molar-refractivity contribution in [3.8, 4) is 22.6 Å². The highest BCUT2D eigenvalue weighted by Crippen LogP contribution is 2.39. The van der Waals surface area contributed by atoms with Crippen molar-refractivity contribution >= 4 is 22.4 Å². The maximum atomic E-state index is 9.76. The van der Waals surface area contributed by atoms with Gasteiger partial charge >= 0.3 is 0 Å². The number of imidazole rings is 2. The molecule has 0 spiro atoms. The number of nitrogens with two attached hydrogens (primary N) is 1. The van der Waals surface area contributed by atoms with E-state index in [9.17, 15) is 5.11 Å². The fourth-order valence-electron chi connectivity index (χ4n) is 4.26. The van der Waals surface area contributed by atoms with Crippen molar-refractivity contribution in [2.45, 2.75) is 24.9 Å². The zero-order valence-corrected chi connectivity index (χ0v) is 16.2. The lowest BCUT2D eigenvalue weighted by Crippen LogP contribution is -2.27. The quantitative estimate of drug-likeness (QED) is 0.431. The van der Waals surface area contributed by atoms with Gasteiger partial charge in [-0.25, -0.2) is 15.0 Å². The molecule has 1 aliphatic carbocycles. The third-order valence-corrected chi connectivity index (χ3v) is 5.89. The monoisotopic (exact) mass is 396 g/mol. The normalized spacial score (nSPS) is 18.7. The molecular weight excluding hydrogens is 376 g/mol. The molecule has 0 amide bonds. The molecule has 0 unspecified atom stereocenters. The molecule has 0 aliphatic heterocycles. The molecule has 0 bridgehead atoms. The predicted octanol–water partition coefficient (Wildman–Crippen LogP) is 3.76. The Morgan fingerprint density at radius 3 is 2.67 bits per heavy atom. The van der Waals surface area contributed by atoms with Crippen LogP contribution in [0.5, 0.6) is 0 Å². The summed E-state index contributed by atoms with van der Waals surface area (Å²) in [5.74, 6) is 2.43. The van der Waals surface area contributed by atoms with Gasteiger partial charge in [-0.15, -0.1) is 0 Å². The van der Waals surface area contributed by atoms with Crippen LogP contribution in [0.15, 0.2) is 60.9 Å². The lowest BCUT2D eigenvalue weighted by molar-refractivity contribution is 0.0715. The van der Waals surface area contributed by atoms with E-state index < -0.39 is 0 Å². The van der Waals surface area contributed by atoms with Gasteiger partial charge in [0.05, 0.1) is 17.1 Å². The number of aromatic nitrogens is 5. The first-order valence-electron chi connectivity index (χ1n) is 10.0. The molecular formula is C23H20N6O. The molecule has 7 nitrogen and oxygen atoms in total. The Morgan fingerprint density at radius 2 is 1.87 bits per heavy atom. The van der Waals surface area contributed by atoms with E-state index >= 15 is 0 Å². The van der Waals surface area contributed by atoms with Gasteiger partial charge in [0.1, 0.15) is 28.7 Å².